The van der Waals surface area contributed by atoms with Gasteiger partial charge in [-0.15, -0.1) is 0 Å². The summed E-state index contributed by atoms with van der Waals surface area (Å²) < 4.78 is 8.07. The van der Waals surface area contributed by atoms with Crippen LogP contribution in [0, 0.1) is 6.92 Å². The molecule has 0 unspecified atom stereocenters. The Kier molecular flexibility index (Phi) is 4.62. The average molecular weight is 327 g/mol. The summed E-state index contributed by atoms with van der Waals surface area (Å²) >= 11 is 0. The molecule has 0 amide bonds. The van der Waals surface area contributed by atoms with Crippen LogP contribution in [-0.2, 0) is 0 Å². The molecule has 1 aliphatic rings. The van der Waals surface area contributed by atoms with Gasteiger partial charge < -0.3 is 9.84 Å². The third-order valence-corrected chi connectivity index (χ3v) is 4.44. The lowest BCUT2D eigenvalue weighted by molar-refractivity contribution is 0.333. The molecule has 1 aromatic carbocycles. The Balaban J connectivity index is 1.86. The number of aromatic hydroxyl groups is 1. The molecule has 0 bridgehead atoms. The molecule has 1 aromatic heterocycles. The number of hydrogen-bond acceptors (Lipinski definition) is 4. The molecule has 24 heavy (non-hydrogen) atoms. The van der Waals surface area contributed by atoms with Gasteiger partial charge in [0.2, 0.25) is 0 Å². The van der Waals surface area contributed by atoms with Gasteiger partial charge in [0.1, 0.15) is 18.1 Å². The molecule has 2 aromatic rings. The monoisotopic (exact) mass is 327 g/mol. The van der Waals surface area contributed by atoms with Crippen molar-refractivity contribution in [3.63, 3.8) is 0 Å². The fourth-order valence-corrected chi connectivity index (χ4v) is 3.14. The van der Waals surface area contributed by atoms with E-state index in [0.717, 1.165) is 24.4 Å². The van der Waals surface area contributed by atoms with E-state index in [1.807, 2.05) is 25.3 Å². The largest absolute Gasteiger partial charge is 0.508 e. The summed E-state index contributed by atoms with van der Waals surface area (Å²) in [7, 11) is 2.11. The molecular weight excluding hydrogens is 302 g/mol. The molecule has 2 heterocycles. The summed E-state index contributed by atoms with van der Waals surface area (Å²) in [6.07, 6.45) is 1.86. The summed E-state index contributed by atoms with van der Waals surface area (Å²) in [5.74, 6) is 0.997. The summed E-state index contributed by atoms with van der Waals surface area (Å²) in [6.45, 7) is 8.46. The highest BCUT2D eigenvalue weighted by molar-refractivity contribution is 5.70. The van der Waals surface area contributed by atoms with Crippen LogP contribution in [0.25, 0.3) is 5.57 Å². The maximum absolute atomic E-state index is 9.82. The van der Waals surface area contributed by atoms with Crippen molar-refractivity contribution in [2.75, 3.05) is 26.7 Å². The third-order valence-electron chi connectivity index (χ3n) is 4.44. The van der Waals surface area contributed by atoms with Crippen LogP contribution < -0.4 is 4.74 Å². The topological polar surface area (TPSA) is 50.5 Å². The highest BCUT2D eigenvalue weighted by Gasteiger charge is 2.24. The maximum atomic E-state index is 9.82. The van der Waals surface area contributed by atoms with Crippen LogP contribution in [0.1, 0.15) is 31.1 Å². The van der Waals surface area contributed by atoms with E-state index in [9.17, 15) is 5.11 Å². The molecule has 0 fully saturated rings. The van der Waals surface area contributed by atoms with E-state index >= 15 is 0 Å². The highest BCUT2D eigenvalue weighted by Crippen LogP contribution is 2.30. The molecule has 1 N–H and O–H groups in total. The van der Waals surface area contributed by atoms with Crippen LogP contribution in [0.2, 0.25) is 0 Å². The molecule has 0 atom stereocenters. The van der Waals surface area contributed by atoms with Crippen LogP contribution in [0.4, 0.5) is 0 Å². The number of aromatic nitrogens is 2. The molecule has 0 saturated carbocycles. The summed E-state index contributed by atoms with van der Waals surface area (Å²) in [4.78, 5) is 2.28. The number of phenolic OH excluding ortho intramolecular Hbond substituents is 1. The van der Waals surface area contributed by atoms with Crippen molar-refractivity contribution in [2.24, 2.45) is 0 Å². The Labute approximate surface area is 143 Å². The van der Waals surface area contributed by atoms with Crippen molar-refractivity contribution < 1.29 is 9.84 Å². The number of benzene rings is 1. The molecule has 0 spiro atoms. The van der Waals surface area contributed by atoms with Gasteiger partial charge in [0, 0.05) is 30.9 Å². The van der Waals surface area contributed by atoms with Gasteiger partial charge >= 0.3 is 0 Å². The first-order valence-corrected chi connectivity index (χ1v) is 8.32. The van der Waals surface area contributed by atoms with Gasteiger partial charge in [-0.1, -0.05) is 6.07 Å². The SMILES string of the molecule is Cc1c(O)cccc1OCC1=C(c2ccnn2C(C)C)CN(C)C1. The second-order valence-electron chi connectivity index (χ2n) is 6.70. The van der Waals surface area contributed by atoms with Crippen LogP contribution in [0.3, 0.4) is 0 Å². The predicted molar refractivity (Wildman–Crippen MR) is 95.4 cm³/mol. The lowest BCUT2D eigenvalue weighted by Gasteiger charge is -2.14. The second kappa shape index (κ2) is 6.69. The lowest BCUT2D eigenvalue weighted by atomic mass is 10.1. The number of ether oxygens (including phenoxy) is 1. The standard InChI is InChI=1S/C19H25N3O2/c1-13(2)22-17(8-9-20-22)16-11-21(4)10-15(16)12-24-19-7-5-6-18(23)14(19)3/h5-9,13,23H,10-12H2,1-4H3. The Morgan fingerprint density at radius 2 is 2.04 bits per heavy atom. The van der Waals surface area contributed by atoms with Gasteiger partial charge in [-0.3, -0.25) is 9.58 Å². The van der Waals surface area contributed by atoms with Crippen molar-refractivity contribution in [3.05, 3.63) is 47.3 Å². The van der Waals surface area contributed by atoms with E-state index in [0.29, 0.717) is 12.6 Å². The first-order valence-electron chi connectivity index (χ1n) is 8.32. The van der Waals surface area contributed by atoms with Crippen molar-refractivity contribution in [3.8, 4) is 11.5 Å². The van der Waals surface area contributed by atoms with Crippen molar-refractivity contribution >= 4 is 5.57 Å². The first kappa shape index (κ1) is 16.6. The molecular formula is C19H25N3O2. The van der Waals surface area contributed by atoms with Gasteiger partial charge in [0.15, 0.2) is 0 Å². The Hall–Kier alpha value is -2.27. The van der Waals surface area contributed by atoms with Crippen LogP contribution in [0.15, 0.2) is 36.0 Å². The summed E-state index contributed by atoms with van der Waals surface area (Å²) in [5.41, 5.74) is 4.50. The van der Waals surface area contributed by atoms with Crippen LogP contribution >= 0.6 is 0 Å². The molecule has 0 saturated heterocycles. The first-order chi connectivity index (χ1) is 11.5. The number of nitrogens with zero attached hydrogens (tertiary/aromatic N) is 3. The van der Waals surface area contributed by atoms with E-state index in [2.05, 4.69) is 41.6 Å². The molecule has 128 valence electrons. The maximum Gasteiger partial charge on any atom is 0.126 e. The van der Waals surface area contributed by atoms with E-state index in [1.54, 1.807) is 6.07 Å². The Morgan fingerprint density at radius 3 is 2.79 bits per heavy atom. The van der Waals surface area contributed by atoms with E-state index in [1.165, 1.54) is 16.8 Å². The predicted octanol–water partition coefficient (Wildman–Crippen LogP) is 3.26. The molecule has 0 aliphatic carbocycles. The van der Waals surface area contributed by atoms with Crippen molar-refractivity contribution in [1.82, 2.24) is 14.7 Å². The third kappa shape index (κ3) is 3.17. The highest BCUT2D eigenvalue weighted by atomic mass is 16.5. The fourth-order valence-electron chi connectivity index (χ4n) is 3.14. The minimum Gasteiger partial charge on any atom is -0.508 e. The quantitative estimate of drug-likeness (QED) is 0.916. The zero-order valence-electron chi connectivity index (χ0n) is 14.8. The zero-order chi connectivity index (χ0) is 17.3. The number of hydrogen-bond donors (Lipinski definition) is 1. The van der Waals surface area contributed by atoms with Crippen LogP contribution in [-0.4, -0.2) is 46.5 Å². The molecule has 3 rings (SSSR count). The van der Waals surface area contributed by atoms with Gasteiger partial charge in [-0.25, -0.2) is 0 Å². The second-order valence-corrected chi connectivity index (χ2v) is 6.70. The van der Waals surface area contributed by atoms with E-state index < -0.39 is 0 Å². The van der Waals surface area contributed by atoms with Crippen molar-refractivity contribution in [2.45, 2.75) is 26.8 Å². The zero-order valence-corrected chi connectivity index (χ0v) is 14.8. The number of likely N-dealkylation sites (N-methyl/N-ethyl adjacent to an activating group) is 1. The lowest BCUT2D eigenvalue weighted by Crippen LogP contribution is -2.16. The minimum absolute atomic E-state index is 0.267. The normalized spacial score (nSPS) is 15.5. The minimum atomic E-state index is 0.267. The van der Waals surface area contributed by atoms with Gasteiger partial charge in [-0.2, -0.15) is 5.10 Å². The Bertz CT molecular complexity index is 762. The van der Waals surface area contributed by atoms with E-state index in [-0.39, 0.29) is 5.75 Å². The van der Waals surface area contributed by atoms with Crippen molar-refractivity contribution in [1.29, 1.82) is 0 Å². The molecule has 0 radical (unpaired) electrons. The number of rotatable bonds is 5. The van der Waals surface area contributed by atoms with Gasteiger partial charge in [0.05, 0.1) is 5.69 Å². The van der Waals surface area contributed by atoms with Crippen LogP contribution in [0.5, 0.6) is 11.5 Å². The fraction of sp³-hybridized carbons (Fsp3) is 0.421. The average Bonchev–Trinajstić information content (AvgIpc) is 3.15. The molecule has 5 heteroatoms. The smallest absolute Gasteiger partial charge is 0.126 e. The molecule has 1 aliphatic heterocycles. The van der Waals surface area contributed by atoms with Gasteiger partial charge in [-0.05, 0) is 57.2 Å². The Morgan fingerprint density at radius 1 is 1.25 bits per heavy atom. The van der Waals surface area contributed by atoms with E-state index in [4.69, 9.17) is 4.74 Å². The van der Waals surface area contributed by atoms with Gasteiger partial charge in [0.25, 0.3) is 0 Å². The summed E-state index contributed by atoms with van der Waals surface area (Å²) in [6, 6.07) is 7.78. The summed E-state index contributed by atoms with van der Waals surface area (Å²) in [5, 5.41) is 14.3. The molecule has 5 nitrogen and oxygen atoms in total. The number of phenols is 1.